The molecule has 0 aromatic carbocycles. The third kappa shape index (κ3) is 4.45. The number of carbonyl (C=O) groups excluding carboxylic acids is 2. The third-order valence-corrected chi connectivity index (χ3v) is 4.94. The minimum Gasteiger partial charge on any atom is -0.389 e. The number of likely N-dealkylation sites (tertiary alicyclic amines) is 1. The molecule has 1 atom stereocenters. The Morgan fingerprint density at radius 2 is 1.68 bits per heavy atom. The van der Waals surface area contributed by atoms with E-state index in [1.165, 1.54) is 0 Å². The van der Waals surface area contributed by atoms with Gasteiger partial charge in [0.2, 0.25) is 11.8 Å². The van der Waals surface area contributed by atoms with Gasteiger partial charge in [-0.2, -0.15) is 0 Å². The van der Waals surface area contributed by atoms with E-state index >= 15 is 0 Å². The van der Waals surface area contributed by atoms with Crippen LogP contribution >= 0.6 is 0 Å². The summed E-state index contributed by atoms with van der Waals surface area (Å²) in [5.74, 6) is -0.120. The van der Waals surface area contributed by atoms with Gasteiger partial charge in [-0.1, -0.05) is 33.1 Å². The van der Waals surface area contributed by atoms with Crippen molar-refractivity contribution in [1.82, 2.24) is 10.2 Å². The van der Waals surface area contributed by atoms with E-state index in [9.17, 15) is 14.7 Å². The van der Waals surface area contributed by atoms with Gasteiger partial charge in [0.15, 0.2) is 0 Å². The number of hydrogen-bond acceptors (Lipinski definition) is 3. The van der Waals surface area contributed by atoms with E-state index in [1.54, 1.807) is 0 Å². The fourth-order valence-electron chi connectivity index (χ4n) is 3.56. The van der Waals surface area contributed by atoms with E-state index in [-0.39, 0.29) is 24.2 Å². The predicted octanol–water partition coefficient (Wildman–Crippen LogP) is 1.83. The van der Waals surface area contributed by atoms with Crippen LogP contribution in [0, 0.1) is 5.92 Å². The molecule has 0 radical (unpaired) electrons. The molecule has 0 aromatic heterocycles. The lowest BCUT2D eigenvalue weighted by Crippen LogP contribution is -2.52. The van der Waals surface area contributed by atoms with Crippen LogP contribution in [0.25, 0.3) is 0 Å². The number of hydrogen-bond donors (Lipinski definition) is 2. The summed E-state index contributed by atoms with van der Waals surface area (Å²) in [6.07, 6.45) is 6.66. The Bertz CT molecular complexity index is 397. The molecule has 2 N–H and O–H groups in total. The van der Waals surface area contributed by atoms with E-state index in [2.05, 4.69) is 5.32 Å². The summed E-state index contributed by atoms with van der Waals surface area (Å²) >= 11 is 0. The van der Waals surface area contributed by atoms with Gasteiger partial charge in [0.05, 0.1) is 12.0 Å². The van der Waals surface area contributed by atoms with Crippen molar-refractivity contribution in [2.75, 3.05) is 13.1 Å². The van der Waals surface area contributed by atoms with Crippen molar-refractivity contribution in [2.24, 2.45) is 5.92 Å². The highest BCUT2D eigenvalue weighted by atomic mass is 16.3. The minimum absolute atomic E-state index is 0.0245. The van der Waals surface area contributed by atoms with Crippen molar-refractivity contribution in [2.45, 2.75) is 76.9 Å². The van der Waals surface area contributed by atoms with Crippen LogP contribution in [-0.2, 0) is 9.59 Å². The first-order valence-corrected chi connectivity index (χ1v) is 8.72. The van der Waals surface area contributed by atoms with Gasteiger partial charge in [-0.15, -0.1) is 0 Å². The fourth-order valence-corrected chi connectivity index (χ4v) is 3.56. The van der Waals surface area contributed by atoms with E-state index in [0.717, 1.165) is 45.2 Å². The summed E-state index contributed by atoms with van der Waals surface area (Å²) in [6.45, 7) is 5.49. The van der Waals surface area contributed by atoms with Gasteiger partial charge in [-0.05, 0) is 31.6 Å². The number of nitrogens with one attached hydrogen (secondary N) is 1. The highest BCUT2D eigenvalue weighted by Crippen LogP contribution is 2.30. The lowest BCUT2D eigenvalue weighted by Gasteiger charge is -2.33. The Kier molecular flexibility index (Phi) is 5.84. The number of rotatable bonds is 5. The van der Waals surface area contributed by atoms with Gasteiger partial charge in [-0.25, -0.2) is 0 Å². The molecule has 5 nitrogen and oxygen atoms in total. The van der Waals surface area contributed by atoms with Crippen LogP contribution in [0.4, 0.5) is 0 Å². The zero-order valence-electron chi connectivity index (χ0n) is 13.9. The van der Waals surface area contributed by atoms with Crippen LogP contribution in [0.1, 0.15) is 65.2 Å². The number of amides is 2. The molecule has 2 rings (SSSR count). The topological polar surface area (TPSA) is 69.6 Å². The van der Waals surface area contributed by atoms with Crippen molar-refractivity contribution in [1.29, 1.82) is 0 Å². The van der Waals surface area contributed by atoms with Crippen molar-refractivity contribution < 1.29 is 14.7 Å². The number of nitrogens with zero attached hydrogens (tertiary/aromatic N) is 1. The summed E-state index contributed by atoms with van der Waals surface area (Å²) in [6, 6.07) is -0.474. The average Bonchev–Trinajstić information content (AvgIpc) is 2.98. The Morgan fingerprint density at radius 1 is 1.09 bits per heavy atom. The van der Waals surface area contributed by atoms with Gasteiger partial charge < -0.3 is 15.3 Å². The van der Waals surface area contributed by atoms with Crippen molar-refractivity contribution in [3.63, 3.8) is 0 Å². The minimum atomic E-state index is -0.874. The van der Waals surface area contributed by atoms with Crippen molar-refractivity contribution in [3.8, 4) is 0 Å². The standard InChI is InChI=1S/C17H30N2O3/c1-13(2)15(16(21)19-10-6-7-11-19)18-14(20)12-17(22)8-4-3-5-9-17/h13,15,22H,3-12H2,1-2H3,(H,18,20)/t15-/m0/s1. The van der Waals surface area contributed by atoms with Crippen LogP contribution in [0.2, 0.25) is 0 Å². The van der Waals surface area contributed by atoms with E-state index in [0.29, 0.717) is 12.8 Å². The molecule has 5 heteroatoms. The first-order valence-electron chi connectivity index (χ1n) is 8.72. The summed E-state index contributed by atoms with van der Waals surface area (Å²) in [7, 11) is 0. The number of aliphatic hydroxyl groups is 1. The summed E-state index contributed by atoms with van der Waals surface area (Å²) in [5.41, 5.74) is -0.874. The molecule has 2 fully saturated rings. The number of carbonyl (C=O) groups is 2. The maximum Gasteiger partial charge on any atom is 0.245 e. The van der Waals surface area contributed by atoms with Gasteiger partial charge in [-0.3, -0.25) is 9.59 Å². The zero-order chi connectivity index (χ0) is 16.2. The van der Waals surface area contributed by atoms with Crippen LogP contribution in [0.15, 0.2) is 0 Å². The summed E-state index contributed by atoms with van der Waals surface area (Å²) in [4.78, 5) is 26.7. The van der Waals surface area contributed by atoms with Crippen LogP contribution < -0.4 is 5.32 Å². The van der Waals surface area contributed by atoms with Crippen LogP contribution in [-0.4, -0.2) is 46.6 Å². The summed E-state index contributed by atoms with van der Waals surface area (Å²) in [5, 5.41) is 13.4. The average molecular weight is 310 g/mol. The molecular formula is C17H30N2O3. The maximum absolute atomic E-state index is 12.5. The second kappa shape index (κ2) is 7.44. The van der Waals surface area contributed by atoms with Gasteiger partial charge >= 0.3 is 0 Å². The normalized spacial score (nSPS) is 22.6. The Hall–Kier alpha value is -1.10. The first-order chi connectivity index (χ1) is 10.4. The largest absolute Gasteiger partial charge is 0.389 e. The molecule has 22 heavy (non-hydrogen) atoms. The summed E-state index contributed by atoms with van der Waals surface area (Å²) < 4.78 is 0. The smallest absolute Gasteiger partial charge is 0.245 e. The van der Waals surface area contributed by atoms with Gasteiger partial charge in [0.25, 0.3) is 0 Å². The molecule has 1 saturated heterocycles. The maximum atomic E-state index is 12.5. The molecule has 2 aliphatic rings. The van der Waals surface area contributed by atoms with Crippen molar-refractivity contribution in [3.05, 3.63) is 0 Å². The first kappa shape index (κ1) is 17.3. The second-order valence-electron chi connectivity index (χ2n) is 7.28. The second-order valence-corrected chi connectivity index (χ2v) is 7.28. The molecule has 1 aliphatic carbocycles. The Morgan fingerprint density at radius 3 is 2.23 bits per heavy atom. The lowest BCUT2D eigenvalue weighted by atomic mass is 9.82. The van der Waals surface area contributed by atoms with Gasteiger partial charge in [0, 0.05) is 13.1 Å². The molecular weight excluding hydrogens is 280 g/mol. The highest BCUT2D eigenvalue weighted by molar-refractivity contribution is 5.88. The SMILES string of the molecule is CC(C)[C@H](NC(=O)CC1(O)CCCCC1)C(=O)N1CCCC1. The van der Waals surface area contributed by atoms with Crippen molar-refractivity contribution >= 4 is 11.8 Å². The fraction of sp³-hybridized carbons (Fsp3) is 0.882. The van der Waals surface area contributed by atoms with E-state index in [4.69, 9.17) is 0 Å². The molecule has 0 spiro atoms. The quantitative estimate of drug-likeness (QED) is 0.814. The highest BCUT2D eigenvalue weighted by Gasteiger charge is 2.35. The molecule has 0 unspecified atom stereocenters. The molecule has 2 amide bonds. The molecule has 0 aromatic rings. The van der Waals surface area contributed by atoms with Gasteiger partial charge in [0.1, 0.15) is 6.04 Å². The molecule has 1 saturated carbocycles. The molecule has 1 aliphatic heterocycles. The Labute approximate surface area is 133 Å². The lowest BCUT2D eigenvalue weighted by molar-refractivity contribution is -0.138. The van der Waals surface area contributed by atoms with E-state index in [1.807, 2.05) is 18.7 Å². The molecule has 126 valence electrons. The Balaban J connectivity index is 1.92. The van der Waals surface area contributed by atoms with Crippen LogP contribution in [0.3, 0.4) is 0 Å². The predicted molar refractivity (Wildman–Crippen MR) is 85.2 cm³/mol. The zero-order valence-corrected chi connectivity index (χ0v) is 13.9. The monoisotopic (exact) mass is 310 g/mol. The van der Waals surface area contributed by atoms with E-state index < -0.39 is 11.6 Å². The van der Waals surface area contributed by atoms with Crippen LogP contribution in [0.5, 0.6) is 0 Å². The third-order valence-electron chi connectivity index (χ3n) is 4.94. The molecule has 1 heterocycles. The molecule has 0 bridgehead atoms.